The number of hydrogen-bond acceptors (Lipinski definition) is 4. The van der Waals surface area contributed by atoms with Crippen molar-refractivity contribution in [3.63, 3.8) is 0 Å². The Morgan fingerprint density at radius 2 is 2.00 bits per heavy atom. The van der Waals surface area contributed by atoms with E-state index in [1.807, 2.05) is 24.3 Å². The van der Waals surface area contributed by atoms with Crippen LogP contribution in [0.1, 0.15) is 21.8 Å². The normalized spacial score (nSPS) is 20.6. The van der Waals surface area contributed by atoms with Crippen molar-refractivity contribution in [2.24, 2.45) is 0 Å². The molecule has 1 aromatic heterocycles. The van der Waals surface area contributed by atoms with Gasteiger partial charge < -0.3 is 10.0 Å². The minimum Gasteiger partial charge on any atom is -0.394 e. The van der Waals surface area contributed by atoms with Crippen molar-refractivity contribution in [2.45, 2.75) is 18.0 Å². The minimum atomic E-state index is -0.741. The maximum absolute atomic E-state index is 13.8. The molecule has 3 aromatic rings. The molecule has 1 saturated heterocycles. The fourth-order valence-corrected chi connectivity index (χ4v) is 4.00. The molecule has 1 amide bonds. The zero-order chi connectivity index (χ0) is 20.4. The Bertz CT molecular complexity index is 1080. The molecule has 1 aliphatic rings. The first kappa shape index (κ1) is 18.8. The Morgan fingerprint density at radius 3 is 2.69 bits per heavy atom. The molecule has 0 radical (unpaired) electrons. The molecule has 0 aliphatic carbocycles. The van der Waals surface area contributed by atoms with Crippen molar-refractivity contribution < 1.29 is 14.3 Å². The summed E-state index contributed by atoms with van der Waals surface area (Å²) in [5.74, 6) is -1.08. The number of likely N-dealkylation sites (tertiary alicyclic amines) is 1. The predicted octanol–water partition coefficient (Wildman–Crippen LogP) is 3.38. The highest BCUT2D eigenvalue weighted by molar-refractivity contribution is 5.95. The van der Waals surface area contributed by atoms with Gasteiger partial charge in [-0.15, -0.1) is 0 Å². The monoisotopic (exact) mass is 387 g/mol. The van der Waals surface area contributed by atoms with E-state index in [2.05, 4.69) is 11.1 Å². The summed E-state index contributed by atoms with van der Waals surface area (Å²) < 4.78 is 13.8. The number of pyridine rings is 1. The highest BCUT2D eigenvalue weighted by atomic mass is 19.1. The van der Waals surface area contributed by atoms with Gasteiger partial charge in [-0.2, -0.15) is 5.26 Å². The zero-order valence-electron chi connectivity index (χ0n) is 15.4. The Morgan fingerprint density at radius 1 is 1.17 bits per heavy atom. The number of aliphatic hydroxyl groups excluding tert-OH is 1. The molecule has 1 fully saturated rings. The van der Waals surface area contributed by atoms with E-state index in [1.165, 1.54) is 23.2 Å². The highest BCUT2D eigenvalue weighted by Gasteiger charge is 2.52. The smallest absolute Gasteiger partial charge is 0.256 e. The van der Waals surface area contributed by atoms with Gasteiger partial charge in [0.2, 0.25) is 0 Å². The Balaban J connectivity index is 1.73. The number of rotatable bonds is 4. The molecule has 1 aliphatic heterocycles. The quantitative estimate of drug-likeness (QED) is 0.745. The van der Waals surface area contributed by atoms with E-state index in [0.29, 0.717) is 11.1 Å². The molecule has 4 rings (SSSR count). The summed E-state index contributed by atoms with van der Waals surface area (Å²) in [5.41, 5.74) is 2.64. The third-order valence-corrected chi connectivity index (χ3v) is 5.33. The molecule has 1 N–H and O–H groups in total. The number of amides is 1. The van der Waals surface area contributed by atoms with Crippen LogP contribution < -0.4 is 0 Å². The van der Waals surface area contributed by atoms with E-state index >= 15 is 0 Å². The molecule has 2 aromatic carbocycles. The SMILES string of the molecule is N#C[C@H]1[C@@H](c2ccccc2-c2cccc(F)c2)[C@@H](CO)N1C(=O)c1cccnc1. The number of aromatic nitrogens is 1. The van der Waals surface area contributed by atoms with Crippen LogP contribution in [0.4, 0.5) is 4.39 Å². The number of nitriles is 1. The molecular weight excluding hydrogens is 369 g/mol. The molecule has 6 heteroatoms. The van der Waals surface area contributed by atoms with Crippen LogP contribution in [0.3, 0.4) is 0 Å². The van der Waals surface area contributed by atoms with Crippen LogP contribution in [0.2, 0.25) is 0 Å². The van der Waals surface area contributed by atoms with Gasteiger partial charge >= 0.3 is 0 Å². The average molecular weight is 387 g/mol. The van der Waals surface area contributed by atoms with Crippen LogP contribution in [0, 0.1) is 17.1 Å². The van der Waals surface area contributed by atoms with E-state index in [9.17, 15) is 19.6 Å². The number of hydrogen-bond donors (Lipinski definition) is 1. The molecule has 0 unspecified atom stereocenters. The van der Waals surface area contributed by atoms with Crippen molar-refractivity contribution in [3.05, 3.63) is 90.0 Å². The van der Waals surface area contributed by atoms with Gasteiger partial charge in [-0.05, 0) is 41.0 Å². The average Bonchev–Trinajstić information content (AvgIpc) is 2.74. The van der Waals surface area contributed by atoms with E-state index in [1.54, 1.807) is 30.5 Å². The summed E-state index contributed by atoms with van der Waals surface area (Å²) in [7, 11) is 0. The number of nitrogens with zero attached hydrogens (tertiary/aromatic N) is 3. The standard InChI is InChI=1S/C23H18FN3O2/c24-17-7-3-5-15(11-17)18-8-1-2-9-19(18)22-20(12-25)27(21(22)14-28)23(29)16-6-4-10-26-13-16/h1-11,13,20-22,28H,14H2/t20-,21+,22+/m0/s1. The number of benzene rings is 2. The molecule has 3 atom stereocenters. The van der Waals surface area contributed by atoms with Crippen LogP contribution in [-0.2, 0) is 0 Å². The summed E-state index contributed by atoms with van der Waals surface area (Å²) >= 11 is 0. The van der Waals surface area contributed by atoms with Gasteiger partial charge in [-0.3, -0.25) is 9.78 Å². The molecule has 5 nitrogen and oxygen atoms in total. The lowest BCUT2D eigenvalue weighted by Gasteiger charge is -2.52. The van der Waals surface area contributed by atoms with Crippen LogP contribution in [0.25, 0.3) is 11.1 Å². The number of aliphatic hydroxyl groups is 1. The summed E-state index contributed by atoms with van der Waals surface area (Å²) in [6.45, 7) is -0.285. The van der Waals surface area contributed by atoms with Gasteiger partial charge in [0.05, 0.1) is 24.3 Å². The Hall–Kier alpha value is -3.56. The lowest BCUT2D eigenvalue weighted by atomic mass is 9.73. The summed E-state index contributed by atoms with van der Waals surface area (Å²) in [6.07, 6.45) is 3.01. The van der Waals surface area contributed by atoms with Crippen molar-refractivity contribution in [2.75, 3.05) is 6.61 Å². The van der Waals surface area contributed by atoms with E-state index in [0.717, 1.165) is 11.1 Å². The van der Waals surface area contributed by atoms with Crippen LogP contribution in [-0.4, -0.2) is 39.6 Å². The van der Waals surface area contributed by atoms with Crippen molar-refractivity contribution in [1.29, 1.82) is 5.26 Å². The molecule has 2 heterocycles. The number of carbonyl (C=O) groups is 1. The fraction of sp³-hybridized carbons (Fsp3) is 0.174. The first-order chi connectivity index (χ1) is 14.2. The van der Waals surface area contributed by atoms with Crippen LogP contribution >= 0.6 is 0 Å². The third kappa shape index (κ3) is 3.26. The lowest BCUT2D eigenvalue weighted by molar-refractivity contribution is -0.00574. The first-order valence-electron chi connectivity index (χ1n) is 9.23. The van der Waals surface area contributed by atoms with Gasteiger partial charge in [0.1, 0.15) is 11.9 Å². The topological polar surface area (TPSA) is 77.2 Å². The molecule has 0 spiro atoms. The van der Waals surface area contributed by atoms with E-state index in [4.69, 9.17) is 0 Å². The van der Waals surface area contributed by atoms with Gasteiger partial charge in [0, 0.05) is 18.3 Å². The Labute approximate surface area is 167 Å². The second kappa shape index (κ2) is 7.82. The largest absolute Gasteiger partial charge is 0.394 e. The number of halogens is 1. The fourth-order valence-electron chi connectivity index (χ4n) is 4.00. The van der Waals surface area contributed by atoms with Crippen LogP contribution in [0.15, 0.2) is 73.1 Å². The Kier molecular flexibility index (Phi) is 5.07. The third-order valence-electron chi connectivity index (χ3n) is 5.33. The molecular formula is C23H18FN3O2. The van der Waals surface area contributed by atoms with Crippen LogP contribution in [0.5, 0.6) is 0 Å². The predicted molar refractivity (Wildman–Crippen MR) is 105 cm³/mol. The van der Waals surface area contributed by atoms with Crippen molar-refractivity contribution in [1.82, 2.24) is 9.88 Å². The summed E-state index contributed by atoms with van der Waals surface area (Å²) in [6, 6.07) is 17.8. The first-order valence-corrected chi connectivity index (χ1v) is 9.23. The van der Waals surface area contributed by atoms with Crippen molar-refractivity contribution in [3.8, 4) is 17.2 Å². The van der Waals surface area contributed by atoms with E-state index < -0.39 is 12.1 Å². The van der Waals surface area contributed by atoms with E-state index in [-0.39, 0.29) is 24.2 Å². The molecule has 0 saturated carbocycles. The zero-order valence-corrected chi connectivity index (χ0v) is 15.4. The van der Waals surface area contributed by atoms with Gasteiger partial charge in [-0.25, -0.2) is 4.39 Å². The lowest BCUT2D eigenvalue weighted by Crippen LogP contribution is -2.65. The molecule has 29 heavy (non-hydrogen) atoms. The van der Waals surface area contributed by atoms with Gasteiger partial charge in [-0.1, -0.05) is 36.4 Å². The molecule has 144 valence electrons. The second-order valence-electron chi connectivity index (χ2n) is 6.90. The maximum Gasteiger partial charge on any atom is 0.256 e. The van der Waals surface area contributed by atoms with Gasteiger partial charge in [0.25, 0.3) is 5.91 Å². The maximum atomic E-state index is 13.8. The van der Waals surface area contributed by atoms with Gasteiger partial charge in [0.15, 0.2) is 0 Å². The van der Waals surface area contributed by atoms with Crippen molar-refractivity contribution >= 4 is 5.91 Å². The minimum absolute atomic E-state index is 0.285. The molecule has 0 bridgehead atoms. The summed E-state index contributed by atoms with van der Waals surface area (Å²) in [5, 5.41) is 19.8. The number of carbonyl (C=O) groups excluding carboxylic acids is 1. The second-order valence-corrected chi connectivity index (χ2v) is 6.90. The highest BCUT2D eigenvalue weighted by Crippen LogP contribution is 2.44. The summed E-state index contributed by atoms with van der Waals surface area (Å²) in [4.78, 5) is 18.3.